The molecule has 1 aromatic carbocycles. The molecule has 2 rings (SSSR count). The Morgan fingerprint density at radius 2 is 2.06 bits per heavy atom. The van der Waals surface area contributed by atoms with Gasteiger partial charge in [0, 0.05) is 0 Å². The van der Waals surface area contributed by atoms with Crippen LogP contribution in [0.5, 0.6) is 0 Å². The van der Waals surface area contributed by atoms with E-state index >= 15 is 0 Å². The SMILES string of the molecule is O=C(O)n1c(Cl)nc2c(Cl)cccc2c1=O. The number of carboxylic acid groups (broad SMARTS) is 1. The van der Waals surface area contributed by atoms with Crippen molar-refractivity contribution in [3.8, 4) is 0 Å². The van der Waals surface area contributed by atoms with E-state index in [1.165, 1.54) is 18.2 Å². The lowest BCUT2D eigenvalue weighted by molar-refractivity contribution is 0.195. The summed E-state index contributed by atoms with van der Waals surface area (Å²) in [5, 5.41) is 8.70. The Kier molecular flexibility index (Phi) is 2.57. The summed E-state index contributed by atoms with van der Waals surface area (Å²) in [4.78, 5) is 26.3. The molecule has 0 saturated heterocycles. The molecule has 0 fully saturated rings. The summed E-state index contributed by atoms with van der Waals surface area (Å²) >= 11 is 11.4. The van der Waals surface area contributed by atoms with E-state index < -0.39 is 16.9 Å². The Labute approximate surface area is 98.9 Å². The molecule has 0 amide bonds. The van der Waals surface area contributed by atoms with Crippen molar-refractivity contribution in [2.45, 2.75) is 0 Å². The summed E-state index contributed by atoms with van der Waals surface area (Å²) in [6.07, 6.45) is -1.48. The van der Waals surface area contributed by atoms with Gasteiger partial charge in [0.05, 0.1) is 15.9 Å². The molecule has 1 aromatic heterocycles. The minimum absolute atomic E-state index is 0.110. The molecule has 16 heavy (non-hydrogen) atoms. The highest BCUT2D eigenvalue weighted by Crippen LogP contribution is 2.20. The topological polar surface area (TPSA) is 72.2 Å². The second-order valence-corrected chi connectivity index (χ2v) is 3.69. The number of halogens is 2. The molecular formula is C9H4Cl2N2O3. The van der Waals surface area contributed by atoms with Crippen molar-refractivity contribution >= 4 is 40.2 Å². The third kappa shape index (κ3) is 1.54. The van der Waals surface area contributed by atoms with Crippen LogP contribution in [0.3, 0.4) is 0 Å². The Bertz CT molecular complexity index is 651. The quantitative estimate of drug-likeness (QED) is 0.736. The van der Waals surface area contributed by atoms with Crippen molar-refractivity contribution in [2.24, 2.45) is 0 Å². The Morgan fingerprint density at radius 3 is 2.69 bits per heavy atom. The summed E-state index contributed by atoms with van der Waals surface area (Å²) in [6.45, 7) is 0. The van der Waals surface area contributed by atoms with Crippen LogP contribution in [0, 0.1) is 0 Å². The first-order valence-corrected chi connectivity index (χ1v) is 4.88. The fourth-order valence-electron chi connectivity index (χ4n) is 1.31. The highest BCUT2D eigenvalue weighted by molar-refractivity contribution is 6.35. The summed E-state index contributed by atoms with van der Waals surface area (Å²) in [7, 11) is 0. The van der Waals surface area contributed by atoms with E-state index in [-0.39, 0.29) is 15.9 Å². The average molecular weight is 259 g/mol. The third-order valence-electron chi connectivity index (χ3n) is 2.00. The van der Waals surface area contributed by atoms with Gasteiger partial charge in [-0.25, -0.2) is 9.78 Å². The number of rotatable bonds is 0. The van der Waals surface area contributed by atoms with Gasteiger partial charge in [-0.05, 0) is 23.7 Å². The number of hydrogen-bond acceptors (Lipinski definition) is 3. The van der Waals surface area contributed by atoms with Crippen LogP contribution in [0.1, 0.15) is 0 Å². The van der Waals surface area contributed by atoms with Gasteiger partial charge in [0.1, 0.15) is 0 Å². The molecule has 1 N–H and O–H groups in total. The molecule has 0 aliphatic carbocycles. The maximum atomic E-state index is 11.7. The molecule has 0 aliphatic rings. The Hall–Kier alpha value is -1.59. The summed E-state index contributed by atoms with van der Waals surface area (Å²) in [6, 6.07) is 4.51. The molecule has 0 aliphatic heterocycles. The van der Waals surface area contributed by atoms with Crippen LogP contribution in [0.25, 0.3) is 10.9 Å². The van der Waals surface area contributed by atoms with Crippen LogP contribution >= 0.6 is 23.2 Å². The van der Waals surface area contributed by atoms with E-state index in [9.17, 15) is 9.59 Å². The number of fused-ring (bicyclic) bond motifs is 1. The van der Waals surface area contributed by atoms with Crippen molar-refractivity contribution < 1.29 is 9.90 Å². The van der Waals surface area contributed by atoms with Gasteiger partial charge in [-0.1, -0.05) is 17.7 Å². The zero-order chi connectivity index (χ0) is 11.9. The van der Waals surface area contributed by atoms with E-state index in [1.54, 1.807) is 0 Å². The molecule has 2 aromatic rings. The largest absolute Gasteiger partial charge is 0.464 e. The lowest BCUT2D eigenvalue weighted by Gasteiger charge is -2.04. The van der Waals surface area contributed by atoms with Crippen molar-refractivity contribution in [2.75, 3.05) is 0 Å². The van der Waals surface area contributed by atoms with Crippen molar-refractivity contribution in [3.05, 3.63) is 38.9 Å². The second-order valence-electron chi connectivity index (χ2n) is 2.94. The lowest BCUT2D eigenvalue weighted by Crippen LogP contribution is -2.27. The fraction of sp³-hybridized carbons (Fsp3) is 0. The van der Waals surface area contributed by atoms with Gasteiger partial charge in [0.25, 0.3) is 5.56 Å². The molecule has 7 heteroatoms. The maximum absolute atomic E-state index is 11.7. The van der Waals surface area contributed by atoms with Gasteiger partial charge in [-0.3, -0.25) is 4.79 Å². The molecule has 1 heterocycles. The molecule has 5 nitrogen and oxygen atoms in total. The van der Waals surface area contributed by atoms with Gasteiger partial charge in [0.2, 0.25) is 5.28 Å². The number of hydrogen-bond donors (Lipinski definition) is 1. The zero-order valence-electron chi connectivity index (χ0n) is 7.65. The van der Waals surface area contributed by atoms with E-state index in [1.807, 2.05) is 0 Å². The number of aromatic nitrogens is 2. The molecule has 0 spiro atoms. The highest BCUT2D eigenvalue weighted by Gasteiger charge is 2.15. The van der Waals surface area contributed by atoms with Gasteiger partial charge in [-0.2, -0.15) is 4.57 Å². The van der Waals surface area contributed by atoms with Crippen LogP contribution in [0.2, 0.25) is 10.3 Å². The molecule has 0 bridgehead atoms. The third-order valence-corrected chi connectivity index (χ3v) is 2.56. The van der Waals surface area contributed by atoms with Crippen LogP contribution in [0.15, 0.2) is 23.0 Å². The fourth-order valence-corrected chi connectivity index (χ4v) is 1.76. The standard InChI is InChI=1S/C9H4Cl2N2O3/c10-5-3-1-2-4-6(5)12-8(11)13(7(4)14)9(15)16/h1-3H,(H,15,16). The van der Waals surface area contributed by atoms with E-state index in [4.69, 9.17) is 28.3 Å². The van der Waals surface area contributed by atoms with Crippen molar-refractivity contribution in [1.82, 2.24) is 9.55 Å². The predicted octanol–water partition coefficient (Wildman–Crippen LogP) is 2.23. The van der Waals surface area contributed by atoms with Crippen LogP contribution in [0.4, 0.5) is 4.79 Å². The minimum atomic E-state index is -1.48. The number of para-hydroxylation sites is 1. The molecule has 0 radical (unpaired) electrons. The molecular weight excluding hydrogens is 255 g/mol. The molecule has 0 atom stereocenters. The van der Waals surface area contributed by atoms with Gasteiger partial charge in [0.15, 0.2) is 0 Å². The maximum Gasteiger partial charge on any atom is 0.421 e. The zero-order valence-corrected chi connectivity index (χ0v) is 9.16. The normalized spacial score (nSPS) is 10.6. The van der Waals surface area contributed by atoms with Crippen molar-refractivity contribution in [1.29, 1.82) is 0 Å². The van der Waals surface area contributed by atoms with E-state index in [2.05, 4.69) is 4.98 Å². The number of carbonyl (C=O) groups is 1. The summed E-state index contributed by atoms with van der Waals surface area (Å²) in [5.41, 5.74) is -0.568. The van der Waals surface area contributed by atoms with E-state index in [0.29, 0.717) is 4.57 Å². The van der Waals surface area contributed by atoms with Gasteiger partial charge >= 0.3 is 6.09 Å². The van der Waals surface area contributed by atoms with Crippen LogP contribution in [-0.4, -0.2) is 20.8 Å². The first-order valence-electron chi connectivity index (χ1n) is 4.12. The lowest BCUT2D eigenvalue weighted by atomic mass is 10.2. The summed E-state index contributed by atoms with van der Waals surface area (Å²) in [5.74, 6) is 0. The van der Waals surface area contributed by atoms with Crippen LogP contribution in [-0.2, 0) is 0 Å². The van der Waals surface area contributed by atoms with E-state index in [0.717, 1.165) is 0 Å². The summed E-state index contributed by atoms with van der Waals surface area (Å²) < 4.78 is 0.361. The monoisotopic (exact) mass is 258 g/mol. The first kappa shape index (κ1) is 10.9. The Morgan fingerprint density at radius 1 is 1.38 bits per heavy atom. The van der Waals surface area contributed by atoms with Crippen molar-refractivity contribution in [3.63, 3.8) is 0 Å². The van der Waals surface area contributed by atoms with Gasteiger partial charge in [-0.15, -0.1) is 0 Å². The average Bonchev–Trinajstić information content (AvgIpc) is 2.19. The highest BCUT2D eigenvalue weighted by atomic mass is 35.5. The van der Waals surface area contributed by atoms with Gasteiger partial charge < -0.3 is 5.11 Å². The smallest absolute Gasteiger partial charge is 0.421 e. The molecule has 0 unspecified atom stereocenters. The molecule has 0 saturated carbocycles. The second kappa shape index (κ2) is 3.77. The first-order chi connectivity index (χ1) is 7.52. The van der Waals surface area contributed by atoms with Crippen LogP contribution < -0.4 is 5.56 Å². The predicted molar refractivity (Wildman–Crippen MR) is 59.4 cm³/mol. The number of nitrogens with zero attached hydrogens (tertiary/aromatic N) is 2. The molecule has 82 valence electrons. The number of benzene rings is 1. The minimum Gasteiger partial charge on any atom is -0.464 e. The Balaban J connectivity index is 3.01.